The molecular formula is C19H21NO5. The summed E-state index contributed by atoms with van der Waals surface area (Å²) in [5.41, 5.74) is 1.11. The third kappa shape index (κ3) is 5.14. The molecule has 0 bridgehead atoms. The number of nitrogens with one attached hydrogen (secondary N) is 1. The second kappa shape index (κ2) is 8.96. The predicted molar refractivity (Wildman–Crippen MR) is 94.6 cm³/mol. The van der Waals surface area contributed by atoms with Crippen LogP contribution in [0.25, 0.3) is 0 Å². The van der Waals surface area contributed by atoms with Crippen LogP contribution in [-0.4, -0.2) is 42.9 Å². The molecule has 2 N–H and O–H groups in total. The Morgan fingerprint density at radius 2 is 2.04 bits per heavy atom. The summed E-state index contributed by atoms with van der Waals surface area (Å²) in [4.78, 5) is 23.2. The highest BCUT2D eigenvalue weighted by Gasteiger charge is 2.20. The SMILES string of the molecule is CCOC1C=CC(/C=C/C(=O)Nc2ccccc2C(=O)O)=CC1OC. The molecule has 1 aliphatic rings. The van der Waals surface area contributed by atoms with Gasteiger partial charge in [0, 0.05) is 19.8 Å². The molecule has 0 aliphatic heterocycles. The molecule has 0 heterocycles. The fourth-order valence-corrected chi connectivity index (χ4v) is 2.44. The van der Waals surface area contributed by atoms with Crippen molar-refractivity contribution >= 4 is 17.6 Å². The van der Waals surface area contributed by atoms with Gasteiger partial charge in [-0.2, -0.15) is 0 Å². The van der Waals surface area contributed by atoms with Gasteiger partial charge in [-0.05, 0) is 36.8 Å². The Bertz CT molecular complexity index is 720. The van der Waals surface area contributed by atoms with E-state index < -0.39 is 11.9 Å². The molecule has 1 aromatic rings. The van der Waals surface area contributed by atoms with Crippen molar-refractivity contribution in [2.75, 3.05) is 19.0 Å². The minimum absolute atomic E-state index is 0.0417. The van der Waals surface area contributed by atoms with Crippen LogP contribution in [0, 0.1) is 0 Å². The smallest absolute Gasteiger partial charge is 0.337 e. The fraction of sp³-hybridized carbons (Fsp3) is 0.263. The number of hydrogen-bond acceptors (Lipinski definition) is 4. The lowest BCUT2D eigenvalue weighted by atomic mass is 10.0. The van der Waals surface area contributed by atoms with Gasteiger partial charge in [0.1, 0.15) is 12.2 Å². The Morgan fingerprint density at radius 3 is 2.72 bits per heavy atom. The number of aromatic carboxylic acids is 1. The maximum atomic E-state index is 12.0. The number of hydrogen-bond donors (Lipinski definition) is 2. The molecule has 1 amide bonds. The average Bonchev–Trinajstić information content (AvgIpc) is 2.61. The zero-order chi connectivity index (χ0) is 18.2. The summed E-state index contributed by atoms with van der Waals surface area (Å²) in [6.45, 7) is 2.50. The molecule has 0 fully saturated rings. The molecule has 0 spiro atoms. The Kier molecular flexibility index (Phi) is 6.68. The van der Waals surface area contributed by atoms with Crippen LogP contribution in [0.5, 0.6) is 0 Å². The largest absolute Gasteiger partial charge is 0.478 e. The van der Waals surface area contributed by atoms with Gasteiger partial charge in [-0.3, -0.25) is 4.79 Å². The van der Waals surface area contributed by atoms with Gasteiger partial charge in [0.05, 0.1) is 11.3 Å². The molecule has 6 nitrogen and oxygen atoms in total. The summed E-state index contributed by atoms with van der Waals surface area (Å²) in [6.07, 6.45) is 8.23. The van der Waals surface area contributed by atoms with Crippen molar-refractivity contribution in [3.63, 3.8) is 0 Å². The Balaban J connectivity index is 2.04. The van der Waals surface area contributed by atoms with Crippen molar-refractivity contribution in [3.8, 4) is 0 Å². The molecule has 0 saturated heterocycles. The van der Waals surface area contributed by atoms with Crippen molar-refractivity contribution in [1.82, 2.24) is 0 Å². The van der Waals surface area contributed by atoms with E-state index in [1.54, 1.807) is 31.4 Å². The lowest BCUT2D eigenvalue weighted by molar-refractivity contribution is -0.111. The second-order valence-electron chi connectivity index (χ2n) is 5.32. The van der Waals surface area contributed by atoms with Gasteiger partial charge in [0.15, 0.2) is 0 Å². The lowest BCUT2D eigenvalue weighted by Crippen LogP contribution is -2.29. The topological polar surface area (TPSA) is 84.9 Å². The third-order valence-corrected chi connectivity index (χ3v) is 3.63. The van der Waals surface area contributed by atoms with Crippen molar-refractivity contribution in [2.45, 2.75) is 19.1 Å². The van der Waals surface area contributed by atoms with Crippen LogP contribution in [0.4, 0.5) is 5.69 Å². The lowest BCUT2D eigenvalue weighted by Gasteiger charge is -2.24. The number of para-hydroxylation sites is 1. The summed E-state index contributed by atoms with van der Waals surface area (Å²) < 4.78 is 10.9. The number of allylic oxidation sites excluding steroid dienone is 3. The summed E-state index contributed by atoms with van der Waals surface area (Å²) in [7, 11) is 1.60. The fourth-order valence-electron chi connectivity index (χ4n) is 2.44. The molecule has 2 rings (SSSR count). The van der Waals surface area contributed by atoms with E-state index in [0.717, 1.165) is 5.57 Å². The molecule has 6 heteroatoms. The standard InChI is InChI=1S/C19H21NO5/c1-3-25-16-10-8-13(12-17(16)24-2)9-11-18(21)20-15-7-5-4-6-14(15)19(22)23/h4-12,16-17H,3H2,1-2H3,(H,20,21)(H,22,23)/b11-9+. The summed E-state index contributed by atoms with van der Waals surface area (Å²) in [5.74, 6) is -1.51. The third-order valence-electron chi connectivity index (χ3n) is 3.63. The van der Waals surface area contributed by atoms with E-state index in [2.05, 4.69) is 5.32 Å². The maximum absolute atomic E-state index is 12.0. The molecular weight excluding hydrogens is 322 g/mol. The van der Waals surface area contributed by atoms with E-state index >= 15 is 0 Å². The number of carboxylic acid groups (broad SMARTS) is 1. The molecule has 1 aromatic carbocycles. The molecule has 0 radical (unpaired) electrons. The van der Waals surface area contributed by atoms with Gasteiger partial charge in [-0.15, -0.1) is 0 Å². The number of carbonyl (C=O) groups excluding carboxylic acids is 1. The molecule has 2 unspecified atom stereocenters. The van der Waals surface area contributed by atoms with Crippen molar-refractivity contribution in [1.29, 1.82) is 0 Å². The van der Waals surface area contributed by atoms with Gasteiger partial charge in [-0.1, -0.05) is 24.3 Å². The normalized spacial score (nSPS) is 19.7. The number of amides is 1. The van der Waals surface area contributed by atoms with E-state index in [-0.39, 0.29) is 23.5 Å². The van der Waals surface area contributed by atoms with E-state index in [4.69, 9.17) is 14.6 Å². The van der Waals surface area contributed by atoms with E-state index in [1.807, 2.05) is 25.2 Å². The first-order chi connectivity index (χ1) is 12.0. The Hall–Kier alpha value is -2.70. The second-order valence-corrected chi connectivity index (χ2v) is 5.32. The van der Waals surface area contributed by atoms with Gasteiger partial charge in [0.25, 0.3) is 0 Å². The highest BCUT2D eigenvalue weighted by atomic mass is 16.5. The minimum atomic E-state index is -1.09. The minimum Gasteiger partial charge on any atom is -0.478 e. The van der Waals surface area contributed by atoms with Crippen LogP contribution in [0.1, 0.15) is 17.3 Å². The number of methoxy groups -OCH3 is 1. The van der Waals surface area contributed by atoms with Crippen LogP contribution < -0.4 is 5.32 Å². The van der Waals surface area contributed by atoms with Gasteiger partial charge < -0.3 is 19.9 Å². The number of anilines is 1. The number of carbonyl (C=O) groups is 2. The number of benzene rings is 1. The quantitative estimate of drug-likeness (QED) is 0.744. The molecule has 1 aliphatic carbocycles. The van der Waals surface area contributed by atoms with E-state index in [0.29, 0.717) is 6.61 Å². The van der Waals surface area contributed by atoms with Gasteiger partial charge >= 0.3 is 5.97 Å². The monoisotopic (exact) mass is 343 g/mol. The van der Waals surface area contributed by atoms with Crippen molar-refractivity contribution in [3.05, 3.63) is 65.8 Å². The van der Waals surface area contributed by atoms with Crippen LogP contribution in [0.15, 0.2) is 60.2 Å². The highest BCUT2D eigenvalue weighted by molar-refractivity contribution is 6.04. The Morgan fingerprint density at radius 1 is 1.28 bits per heavy atom. The van der Waals surface area contributed by atoms with Gasteiger partial charge in [0.2, 0.25) is 5.91 Å². The summed E-state index contributed by atoms with van der Waals surface area (Å²) >= 11 is 0. The Labute approximate surface area is 146 Å². The first-order valence-electron chi connectivity index (χ1n) is 7.91. The predicted octanol–water partition coefficient (Wildman–Crippen LogP) is 2.80. The van der Waals surface area contributed by atoms with Crippen LogP contribution in [0.3, 0.4) is 0 Å². The summed E-state index contributed by atoms with van der Waals surface area (Å²) in [5, 5.41) is 11.7. The van der Waals surface area contributed by atoms with E-state index in [1.165, 1.54) is 12.1 Å². The molecule has 0 aromatic heterocycles. The zero-order valence-corrected chi connectivity index (χ0v) is 14.1. The molecule has 25 heavy (non-hydrogen) atoms. The van der Waals surface area contributed by atoms with Crippen LogP contribution in [0.2, 0.25) is 0 Å². The molecule has 0 saturated carbocycles. The van der Waals surface area contributed by atoms with E-state index in [9.17, 15) is 9.59 Å². The molecule has 2 atom stereocenters. The first-order valence-corrected chi connectivity index (χ1v) is 7.91. The van der Waals surface area contributed by atoms with Crippen molar-refractivity contribution in [2.24, 2.45) is 0 Å². The number of rotatable bonds is 7. The average molecular weight is 343 g/mol. The first kappa shape index (κ1) is 18.6. The van der Waals surface area contributed by atoms with Crippen LogP contribution >= 0.6 is 0 Å². The van der Waals surface area contributed by atoms with Gasteiger partial charge in [-0.25, -0.2) is 4.79 Å². The van der Waals surface area contributed by atoms with Crippen LogP contribution in [-0.2, 0) is 14.3 Å². The zero-order valence-electron chi connectivity index (χ0n) is 14.1. The molecule has 132 valence electrons. The maximum Gasteiger partial charge on any atom is 0.337 e. The number of ether oxygens (including phenoxy) is 2. The van der Waals surface area contributed by atoms with Crippen molar-refractivity contribution < 1.29 is 24.2 Å². The summed E-state index contributed by atoms with van der Waals surface area (Å²) in [6, 6.07) is 6.25. The number of carboxylic acids is 1. The highest BCUT2D eigenvalue weighted by Crippen LogP contribution is 2.18.